The number of benzene rings is 1. The Morgan fingerprint density at radius 3 is 2.77 bits per heavy atom. The molecule has 1 aromatic rings. The maximum absolute atomic E-state index is 13.6. The van der Waals surface area contributed by atoms with E-state index in [1.807, 2.05) is 0 Å². The van der Waals surface area contributed by atoms with E-state index in [9.17, 15) is 18.0 Å². The van der Waals surface area contributed by atoms with Gasteiger partial charge in [0.1, 0.15) is 11.2 Å². The number of carbonyl (C=O) groups is 1. The van der Waals surface area contributed by atoms with Gasteiger partial charge in [-0.25, -0.2) is 23.0 Å². The highest BCUT2D eigenvalue weighted by atomic mass is 19.3. The van der Waals surface area contributed by atoms with E-state index in [-0.39, 0.29) is 12.2 Å². The molecule has 1 aromatic carbocycles. The van der Waals surface area contributed by atoms with Gasteiger partial charge in [-0.05, 0) is 31.0 Å². The Morgan fingerprint density at radius 1 is 1.41 bits per heavy atom. The standard InChI is InChI=1S/C15H14F3N3O/c1-15(13(17)18)8-20-4-3-12(21(20)14(15)22)9-5-10(16)7-11(6-9)19-2/h5-7,12-13H,3-4,8H2,1H3/t12-,15+/m1/s1. The van der Waals surface area contributed by atoms with Gasteiger partial charge in [0.05, 0.1) is 12.6 Å². The first-order valence-corrected chi connectivity index (χ1v) is 6.91. The van der Waals surface area contributed by atoms with Gasteiger partial charge in [0.25, 0.3) is 12.3 Å². The van der Waals surface area contributed by atoms with E-state index in [0.29, 0.717) is 18.5 Å². The van der Waals surface area contributed by atoms with Gasteiger partial charge in [-0.1, -0.05) is 6.07 Å². The van der Waals surface area contributed by atoms with Crippen LogP contribution < -0.4 is 0 Å². The van der Waals surface area contributed by atoms with E-state index in [1.165, 1.54) is 24.1 Å². The van der Waals surface area contributed by atoms with Crippen molar-refractivity contribution >= 4 is 11.6 Å². The molecule has 0 N–H and O–H groups in total. The summed E-state index contributed by atoms with van der Waals surface area (Å²) in [4.78, 5) is 15.6. The van der Waals surface area contributed by atoms with Crippen LogP contribution in [0.3, 0.4) is 0 Å². The molecule has 0 saturated carbocycles. The minimum atomic E-state index is -2.75. The van der Waals surface area contributed by atoms with Crippen LogP contribution in [0.4, 0.5) is 18.9 Å². The van der Waals surface area contributed by atoms with Crippen LogP contribution in [0.25, 0.3) is 4.85 Å². The van der Waals surface area contributed by atoms with Crippen molar-refractivity contribution in [2.45, 2.75) is 25.8 Å². The number of hydrogen-bond donors (Lipinski definition) is 0. The molecule has 22 heavy (non-hydrogen) atoms. The van der Waals surface area contributed by atoms with Crippen LogP contribution in [-0.4, -0.2) is 35.4 Å². The molecule has 0 radical (unpaired) electrons. The third-order valence-electron chi connectivity index (χ3n) is 4.37. The van der Waals surface area contributed by atoms with Crippen molar-refractivity contribution in [3.05, 3.63) is 41.0 Å². The maximum atomic E-state index is 13.6. The zero-order valence-electron chi connectivity index (χ0n) is 11.9. The minimum absolute atomic E-state index is 0.0367. The Kier molecular flexibility index (Phi) is 3.37. The number of rotatable bonds is 2. The molecule has 0 bridgehead atoms. The zero-order chi connectivity index (χ0) is 16.1. The van der Waals surface area contributed by atoms with Crippen molar-refractivity contribution in [2.24, 2.45) is 5.41 Å². The molecule has 7 heteroatoms. The van der Waals surface area contributed by atoms with Crippen molar-refractivity contribution in [2.75, 3.05) is 13.1 Å². The summed E-state index contributed by atoms with van der Waals surface area (Å²) in [7, 11) is 0. The van der Waals surface area contributed by atoms with E-state index in [4.69, 9.17) is 6.57 Å². The zero-order valence-corrected chi connectivity index (χ0v) is 11.9. The lowest BCUT2D eigenvalue weighted by Crippen LogP contribution is -2.39. The van der Waals surface area contributed by atoms with Gasteiger partial charge >= 0.3 is 0 Å². The van der Waals surface area contributed by atoms with E-state index < -0.39 is 29.6 Å². The molecule has 0 spiro atoms. The summed E-state index contributed by atoms with van der Waals surface area (Å²) < 4.78 is 40.0. The molecule has 4 nitrogen and oxygen atoms in total. The van der Waals surface area contributed by atoms with Crippen molar-refractivity contribution in [1.29, 1.82) is 0 Å². The third-order valence-corrected chi connectivity index (χ3v) is 4.37. The monoisotopic (exact) mass is 309 g/mol. The predicted molar refractivity (Wildman–Crippen MR) is 72.6 cm³/mol. The number of fused-ring (bicyclic) bond motifs is 1. The summed E-state index contributed by atoms with van der Waals surface area (Å²) in [6, 6.07) is 3.38. The first-order valence-electron chi connectivity index (χ1n) is 6.91. The van der Waals surface area contributed by atoms with Crippen molar-refractivity contribution in [3.63, 3.8) is 0 Å². The van der Waals surface area contributed by atoms with Gasteiger partial charge < -0.3 is 0 Å². The van der Waals surface area contributed by atoms with Crippen molar-refractivity contribution in [3.8, 4) is 0 Å². The number of hydrogen-bond acceptors (Lipinski definition) is 2. The lowest BCUT2D eigenvalue weighted by molar-refractivity contribution is -0.147. The summed E-state index contributed by atoms with van der Waals surface area (Å²) >= 11 is 0. The van der Waals surface area contributed by atoms with Crippen molar-refractivity contribution < 1.29 is 18.0 Å². The lowest BCUT2D eigenvalue weighted by Gasteiger charge is -2.26. The normalized spacial score (nSPS) is 28.3. The fourth-order valence-electron chi connectivity index (χ4n) is 3.16. The van der Waals surface area contributed by atoms with Gasteiger partial charge in [0.15, 0.2) is 5.69 Å². The molecular formula is C15H14F3N3O. The predicted octanol–water partition coefficient (Wildman–Crippen LogP) is 3.15. The van der Waals surface area contributed by atoms with E-state index >= 15 is 0 Å². The average molecular weight is 309 g/mol. The number of alkyl halides is 2. The summed E-state index contributed by atoms with van der Waals surface area (Å²) in [6.07, 6.45) is -2.22. The molecule has 2 heterocycles. The highest BCUT2D eigenvalue weighted by Gasteiger charge is 2.57. The average Bonchev–Trinajstić information content (AvgIpc) is 2.98. The van der Waals surface area contributed by atoms with Crippen LogP contribution in [0.15, 0.2) is 18.2 Å². The summed E-state index contributed by atoms with van der Waals surface area (Å²) in [5, 5.41) is 2.91. The molecular weight excluding hydrogens is 295 g/mol. The number of amides is 1. The second kappa shape index (κ2) is 4.99. The van der Waals surface area contributed by atoms with Gasteiger partial charge in [-0.3, -0.25) is 9.80 Å². The number of carbonyl (C=O) groups excluding carboxylic acids is 1. The Labute approximate surface area is 125 Å². The van der Waals surface area contributed by atoms with Gasteiger partial charge in [0, 0.05) is 13.1 Å². The molecule has 2 atom stereocenters. The molecule has 1 amide bonds. The Hall–Kier alpha value is -2.07. The largest absolute Gasteiger partial charge is 0.272 e. The first kappa shape index (κ1) is 14.9. The molecule has 2 aliphatic rings. The highest BCUT2D eigenvalue weighted by Crippen LogP contribution is 2.45. The SMILES string of the molecule is [C-]#[N+]c1cc(F)cc([C@H]2CCN3C[C@@](C)(C(F)F)C(=O)N23)c1. The Balaban J connectivity index is 1.97. The smallest absolute Gasteiger partial charge is 0.254 e. The van der Waals surface area contributed by atoms with Crippen LogP contribution in [-0.2, 0) is 4.79 Å². The van der Waals surface area contributed by atoms with Gasteiger partial charge in [0.2, 0.25) is 0 Å². The van der Waals surface area contributed by atoms with E-state index in [2.05, 4.69) is 4.85 Å². The maximum Gasteiger partial charge on any atom is 0.254 e. The number of hydrazine groups is 1. The molecule has 2 saturated heterocycles. The molecule has 0 unspecified atom stereocenters. The summed E-state index contributed by atoms with van der Waals surface area (Å²) in [5.41, 5.74) is -1.12. The highest BCUT2D eigenvalue weighted by molar-refractivity contribution is 5.85. The molecule has 2 fully saturated rings. The lowest BCUT2D eigenvalue weighted by atomic mass is 9.90. The number of nitrogens with zero attached hydrogens (tertiary/aromatic N) is 3. The van der Waals surface area contributed by atoms with Crippen LogP contribution in [0.2, 0.25) is 0 Å². The summed E-state index contributed by atoms with van der Waals surface area (Å²) in [6.45, 7) is 8.66. The third kappa shape index (κ3) is 2.06. The van der Waals surface area contributed by atoms with Gasteiger partial charge in [-0.2, -0.15) is 0 Å². The molecule has 3 rings (SSSR count). The first-order chi connectivity index (χ1) is 10.4. The molecule has 0 aliphatic carbocycles. The van der Waals surface area contributed by atoms with Crippen molar-refractivity contribution in [1.82, 2.24) is 10.0 Å². The summed E-state index contributed by atoms with van der Waals surface area (Å²) in [5.74, 6) is -1.20. The molecule has 116 valence electrons. The van der Waals surface area contributed by atoms with Crippen LogP contribution in [0, 0.1) is 17.8 Å². The second-order valence-corrected chi connectivity index (χ2v) is 5.92. The van der Waals surface area contributed by atoms with E-state index in [1.54, 1.807) is 5.01 Å². The Morgan fingerprint density at radius 2 is 2.14 bits per heavy atom. The molecule has 0 aromatic heterocycles. The van der Waals surface area contributed by atoms with Crippen LogP contribution >= 0.6 is 0 Å². The fourth-order valence-corrected chi connectivity index (χ4v) is 3.16. The topological polar surface area (TPSA) is 27.9 Å². The van der Waals surface area contributed by atoms with Crippen LogP contribution in [0.5, 0.6) is 0 Å². The van der Waals surface area contributed by atoms with Crippen LogP contribution in [0.1, 0.15) is 24.9 Å². The Bertz CT molecular complexity index is 672. The quantitative estimate of drug-likeness (QED) is 0.785. The van der Waals surface area contributed by atoms with Gasteiger partial charge in [-0.15, -0.1) is 0 Å². The minimum Gasteiger partial charge on any atom is -0.272 e. The fraction of sp³-hybridized carbons (Fsp3) is 0.467. The second-order valence-electron chi connectivity index (χ2n) is 5.92. The molecule has 2 aliphatic heterocycles. The van der Waals surface area contributed by atoms with E-state index in [0.717, 1.165) is 6.07 Å². The number of halogens is 3.